The van der Waals surface area contributed by atoms with Crippen LogP contribution in [0.5, 0.6) is 0 Å². The van der Waals surface area contributed by atoms with E-state index in [0.717, 1.165) is 10.0 Å². The van der Waals surface area contributed by atoms with Crippen LogP contribution in [-0.4, -0.2) is 23.1 Å². The highest BCUT2D eigenvalue weighted by atomic mass is 79.9. The summed E-state index contributed by atoms with van der Waals surface area (Å²) in [5.41, 5.74) is 2.36. The highest BCUT2D eigenvalue weighted by molar-refractivity contribution is 9.10. The molecule has 1 atom stereocenters. The summed E-state index contributed by atoms with van der Waals surface area (Å²) in [5.74, 6) is -0.692. The number of esters is 1. The maximum Gasteiger partial charge on any atom is 0.344 e. The minimum Gasteiger partial charge on any atom is -0.449 e. The van der Waals surface area contributed by atoms with Crippen molar-refractivity contribution >= 4 is 33.5 Å². The average Bonchev–Trinajstić information content (AvgIpc) is 2.81. The Labute approximate surface area is 142 Å². The summed E-state index contributed by atoms with van der Waals surface area (Å²) in [6, 6.07) is 5.54. The van der Waals surface area contributed by atoms with Crippen molar-refractivity contribution in [2.45, 2.75) is 33.8 Å². The fraction of sp³-hybridized carbons (Fsp3) is 0.312. The second-order valence-corrected chi connectivity index (χ2v) is 6.07. The standard InChI is InChI=1S/C16H17BrN2O4/c1-8-5-6-13(12(17)7-8)18-15(20)11(4)22-16(21)14-9(2)19-23-10(14)3/h5-7,11H,1-4H3,(H,18,20)/t11-/m1/s1. The monoisotopic (exact) mass is 380 g/mol. The van der Waals surface area contributed by atoms with Crippen molar-refractivity contribution < 1.29 is 18.8 Å². The van der Waals surface area contributed by atoms with Crippen LogP contribution in [0.2, 0.25) is 0 Å². The molecule has 1 aromatic heterocycles. The van der Waals surface area contributed by atoms with Gasteiger partial charge in [0.15, 0.2) is 6.10 Å². The second kappa shape index (κ2) is 6.95. The van der Waals surface area contributed by atoms with E-state index in [9.17, 15) is 9.59 Å². The zero-order valence-electron chi connectivity index (χ0n) is 13.3. The van der Waals surface area contributed by atoms with E-state index in [1.807, 2.05) is 19.1 Å². The predicted octanol–water partition coefficient (Wildman–Crippen LogP) is 3.55. The van der Waals surface area contributed by atoms with Crippen LogP contribution < -0.4 is 5.32 Å². The van der Waals surface area contributed by atoms with Gasteiger partial charge in [-0.1, -0.05) is 11.2 Å². The Kier molecular flexibility index (Phi) is 5.20. The molecule has 0 radical (unpaired) electrons. The van der Waals surface area contributed by atoms with Crippen LogP contribution in [0.1, 0.15) is 34.3 Å². The molecule has 0 saturated carbocycles. The first kappa shape index (κ1) is 17.2. The molecule has 0 aliphatic carbocycles. The number of aromatic nitrogens is 1. The number of carbonyl (C=O) groups excluding carboxylic acids is 2. The minimum atomic E-state index is -0.954. The van der Waals surface area contributed by atoms with Gasteiger partial charge in [-0.3, -0.25) is 4.79 Å². The molecule has 0 spiro atoms. The van der Waals surface area contributed by atoms with Gasteiger partial charge in [-0.2, -0.15) is 0 Å². The lowest BCUT2D eigenvalue weighted by Gasteiger charge is -2.14. The number of ether oxygens (including phenoxy) is 1. The number of anilines is 1. The van der Waals surface area contributed by atoms with Gasteiger partial charge < -0.3 is 14.6 Å². The Morgan fingerprint density at radius 1 is 1.30 bits per heavy atom. The fourth-order valence-electron chi connectivity index (χ4n) is 2.00. The van der Waals surface area contributed by atoms with Crippen LogP contribution in [0.4, 0.5) is 5.69 Å². The lowest BCUT2D eigenvalue weighted by molar-refractivity contribution is -0.123. The van der Waals surface area contributed by atoms with E-state index in [1.165, 1.54) is 6.92 Å². The summed E-state index contributed by atoms with van der Waals surface area (Å²) >= 11 is 3.38. The Bertz CT molecular complexity index is 735. The fourth-order valence-corrected chi connectivity index (χ4v) is 2.60. The molecule has 1 amide bonds. The Balaban J connectivity index is 2.04. The highest BCUT2D eigenvalue weighted by Crippen LogP contribution is 2.23. The molecule has 1 N–H and O–H groups in total. The van der Waals surface area contributed by atoms with E-state index >= 15 is 0 Å². The van der Waals surface area contributed by atoms with Crippen LogP contribution in [0.15, 0.2) is 27.2 Å². The van der Waals surface area contributed by atoms with Gasteiger partial charge in [0.25, 0.3) is 5.91 Å². The summed E-state index contributed by atoms with van der Waals surface area (Å²) in [6.45, 7) is 6.71. The zero-order valence-corrected chi connectivity index (χ0v) is 14.9. The molecular weight excluding hydrogens is 364 g/mol. The molecule has 0 fully saturated rings. The van der Waals surface area contributed by atoms with Gasteiger partial charge in [0.2, 0.25) is 0 Å². The van der Waals surface area contributed by atoms with Gasteiger partial charge in [0.1, 0.15) is 11.3 Å². The van der Waals surface area contributed by atoms with Crippen molar-refractivity contribution in [1.82, 2.24) is 5.16 Å². The molecule has 0 aliphatic rings. The van der Waals surface area contributed by atoms with E-state index in [2.05, 4.69) is 26.4 Å². The van der Waals surface area contributed by atoms with Gasteiger partial charge in [0, 0.05) is 4.47 Å². The number of halogens is 1. The third-order valence-electron chi connectivity index (χ3n) is 3.27. The Hall–Kier alpha value is -2.15. The van der Waals surface area contributed by atoms with Crippen molar-refractivity contribution in [2.24, 2.45) is 0 Å². The first-order valence-electron chi connectivity index (χ1n) is 7.00. The topological polar surface area (TPSA) is 81.4 Å². The molecule has 23 heavy (non-hydrogen) atoms. The van der Waals surface area contributed by atoms with E-state index in [-0.39, 0.29) is 5.56 Å². The van der Waals surface area contributed by atoms with Crippen molar-refractivity contribution in [3.63, 3.8) is 0 Å². The van der Waals surface area contributed by atoms with Crippen LogP contribution >= 0.6 is 15.9 Å². The van der Waals surface area contributed by atoms with Gasteiger partial charge >= 0.3 is 5.97 Å². The maximum atomic E-state index is 12.2. The number of amides is 1. The molecule has 1 heterocycles. The molecule has 1 aromatic carbocycles. The van der Waals surface area contributed by atoms with Crippen molar-refractivity contribution in [3.8, 4) is 0 Å². The number of nitrogens with zero attached hydrogens (tertiary/aromatic N) is 1. The summed E-state index contributed by atoms with van der Waals surface area (Å²) in [4.78, 5) is 24.3. The lowest BCUT2D eigenvalue weighted by Crippen LogP contribution is -2.30. The minimum absolute atomic E-state index is 0.251. The number of carbonyl (C=O) groups is 2. The summed E-state index contributed by atoms with van der Waals surface area (Å²) < 4.78 is 10.9. The average molecular weight is 381 g/mol. The smallest absolute Gasteiger partial charge is 0.344 e. The van der Waals surface area contributed by atoms with Crippen molar-refractivity contribution in [1.29, 1.82) is 0 Å². The predicted molar refractivity (Wildman–Crippen MR) is 88.4 cm³/mol. The van der Waals surface area contributed by atoms with Crippen LogP contribution in [-0.2, 0) is 9.53 Å². The molecule has 0 aliphatic heterocycles. The largest absolute Gasteiger partial charge is 0.449 e. The summed E-state index contributed by atoms with van der Waals surface area (Å²) in [7, 11) is 0. The number of hydrogen-bond acceptors (Lipinski definition) is 5. The van der Waals surface area contributed by atoms with Crippen LogP contribution in [0.3, 0.4) is 0 Å². The Morgan fingerprint density at radius 3 is 2.57 bits per heavy atom. The molecule has 122 valence electrons. The first-order valence-corrected chi connectivity index (χ1v) is 7.79. The number of aryl methyl sites for hydroxylation is 3. The molecular formula is C16H17BrN2O4. The molecule has 7 heteroatoms. The quantitative estimate of drug-likeness (QED) is 0.820. The van der Waals surface area contributed by atoms with Gasteiger partial charge in [0.05, 0.1) is 11.4 Å². The SMILES string of the molecule is Cc1ccc(NC(=O)[C@@H](C)OC(=O)c2c(C)noc2C)c(Br)c1. The van der Waals surface area contributed by atoms with Gasteiger partial charge in [-0.15, -0.1) is 0 Å². The molecule has 2 aromatic rings. The normalized spacial score (nSPS) is 11.9. The third-order valence-corrected chi connectivity index (χ3v) is 3.93. The second-order valence-electron chi connectivity index (χ2n) is 5.22. The number of nitrogens with one attached hydrogen (secondary N) is 1. The number of hydrogen-bond donors (Lipinski definition) is 1. The summed E-state index contributed by atoms with van der Waals surface area (Å²) in [5, 5.41) is 6.41. The number of benzene rings is 1. The number of rotatable bonds is 4. The van der Waals surface area contributed by atoms with Gasteiger partial charge in [-0.25, -0.2) is 4.79 Å². The van der Waals surface area contributed by atoms with Crippen LogP contribution in [0, 0.1) is 20.8 Å². The van der Waals surface area contributed by atoms with Gasteiger partial charge in [-0.05, 0) is 61.3 Å². The molecule has 0 saturated heterocycles. The Morgan fingerprint density at radius 2 is 2.00 bits per heavy atom. The summed E-state index contributed by atoms with van der Waals surface area (Å²) in [6.07, 6.45) is -0.954. The van der Waals surface area contributed by atoms with E-state index < -0.39 is 18.0 Å². The van der Waals surface area contributed by atoms with E-state index in [1.54, 1.807) is 19.9 Å². The first-order chi connectivity index (χ1) is 10.8. The third kappa shape index (κ3) is 3.98. The van der Waals surface area contributed by atoms with Crippen molar-refractivity contribution in [3.05, 3.63) is 45.3 Å². The molecule has 0 unspecified atom stereocenters. The molecule has 0 bridgehead atoms. The lowest BCUT2D eigenvalue weighted by atomic mass is 10.2. The molecule has 6 nitrogen and oxygen atoms in total. The highest BCUT2D eigenvalue weighted by Gasteiger charge is 2.24. The van der Waals surface area contributed by atoms with E-state index in [4.69, 9.17) is 9.26 Å². The van der Waals surface area contributed by atoms with E-state index in [0.29, 0.717) is 17.1 Å². The maximum absolute atomic E-state index is 12.2. The van der Waals surface area contributed by atoms with Crippen molar-refractivity contribution in [2.75, 3.05) is 5.32 Å². The molecule has 2 rings (SSSR count). The van der Waals surface area contributed by atoms with Crippen LogP contribution in [0.25, 0.3) is 0 Å². The zero-order chi connectivity index (χ0) is 17.1.